The maximum Gasteiger partial charge on any atom is 0.272 e. The number of nitrogens with one attached hydrogen (secondary N) is 2. The molecule has 3 aromatic heterocycles. The molecule has 4 N–H and O–H groups in total. The van der Waals surface area contributed by atoms with Crippen LogP contribution in [0.25, 0.3) is 56.7 Å². The number of nitrogen functional groups attached to an aromatic ring is 1. The first-order valence-electron chi connectivity index (χ1n) is 25.4. The molecule has 1 saturated heterocycles. The van der Waals surface area contributed by atoms with Gasteiger partial charge in [0.25, 0.3) is 11.6 Å². The second-order valence-corrected chi connectivity index (χ2v) is 19.1. The van der Waals surface area contributed by atoms with E-state index < -0.39 is 4.92 Å². The van der Waals surface area contributed by atoms with Gasteiger partial charge < -0.3 is 39.6 Å². The van der Waals surface area contributed by atoms with Crippen LogP contribution in [0.1, 0.15) is 21.5 Å². The van der Waals surface area contributed by atoms with E-state index in [2.05, 4.69) is 35.7 Å². The smallest absolute Gasteiger partial charge is 0.272 e. The van der Waals surface area contributed by atoms with Crippen LogP contribution in [-0.2, 0) is 4.74 Å². The van der Waals surface area contributed by atoms with Gasteiger partial charge in [0, 0.05) is 75.0 Å². The summed E-state index contributed by atoms with van der Waals surface area (Å²) in [5, 5.41) is 27.4. The van der Waals surface area contributed by atoms with E-state index in [4.69, 9.17) is 24.0 Å². The summed E-state index contributed by atoms with van der Waals surface area (Å²) in [6.07, 6.45) is 0. The Balaban J connectivity index is 0.000000133. The van der Waals surface area contributed by atoms with Crippen molar-refractivity contribution in [1.82, 2.24) is 20.2 Å². The number of ether oxygens (including phenoxy) is 2. The van der Waals surface area contributed by atoms with Gasteiger partial charge in [-0.2, -0.15) is 0 Å². The number of amides is 1. The molecule has 0 spiro atoms. The van der Waals surface area contributed by atoms with Crippen LogP contribution in [0, 0.1) is 41.4 Å². The third kappa shape index (κ3) is 14.9. The molecule has 8 aromatic carbocycles. The number of carbonyl (C=O) groups excluding carboxylic acids is 1. The van der Waals surface area contributed by atoms with Gasteiger partial charge in [0.1, 0.15) is 28.7 Å². The number of morpholine rings is 1. The number of nitro groups is 1. The van der Waals surface area contributed by atoms with E-state index in [0.29, 0.717) is 57.1 Å². The summed E-state index contributed by atoms with van der Waals surface area (Å²) in [7, 11) is 1.59. The van der Waals surface area contributed by atoms with Gasteiger partial charge in [0.05, 0.1) is 36.6 Å². The fourth-order valence-electron chi connectivity index (χ4n) is 8.18. The minimum absolute atomic E-state index is 0.00594. The first-order valence-corrected chi connectivity index (χ1v) is 26.3. The summed E-state index contributed by atoms with van der Waals surface area (Å²) in [6.45, 7) is 6.79. The van der Waals surface area contributed by atoms with E-state index in [9.17, 15) is 28.1 Å². The van der Waals surface area contributed by atoms with Crippen LogP contribution < -0.4 is 26.0 Å². The number of hydrogen-bond acceptors (Lipinski definition) is 15. The molecule has 0 atom stereocenters. The summed E-state index contributed by atoms with van der Waals surface area (Å²) in [4.78, 5) is 33.9. The van der Waals surface area contributed by atoms with Gasteiger partial charge in [-0.1, -0.05) is 36.4 Å². The molecule has 0 unspecified atom stereocenters. The number of benzene rings is 8. The Bertz CT molecular complexity index is 3850. The van der Waals surface area contributed by atoms with Crippen molar-refractivity contribution < 1.29 is 41.2 Å². The predicted molar refractivity (Wildman–Crippen MR) is 313 cm³/mol. The highest BCUT2D eigenvalue weighted by Gasteiger charge is 2.17. The summed E-state index contributed by atoms with van der Waals surface area (Å²) < 4.78 is 60.1. The normalized spacial score (nSPS) is 11.7. The van der Waals surface area contributed by atoms with Gasteiger partial charge in [-0.15, -0.1) is 21.5 Å². The Kier molecular flexibility index (Phi) is 18.4. The van der Waals surface area contributed by atoms with Gasteiger partial charge in [0.15, 0.2) is 10.7 Å². The number of aryl methyl sites for hydroxylation is 2. The highest BCUT2D eigenvalue weighted by molar-refractivity contribution is 7.14. The molecular formula is C62H52F3N9O7S. The van der Waals surface area contributed by atoms with Crippen molar-refractivity contribution in [2.24, 2.45) is 0 Å². The van der Waals surface area contributed by atoms with E-state index in [-0.39, 0.29) is 29.0 Å². The minimum Gasteiger partial charge on any atom is -0.495 e. The Morgan fingerprint density at radius 3 is 1.88 bits per heavy atom. The Morgan fingerprint density at radius 2 is 1.28 bits per heavy atom. The average molecular weight is 1120 g/mol. The standard InChI is InChI=1S/C18H19N3O4.C15H11FN2S.C15H14N2O2.C14H8F2N2O/c1-13-12-14(2-7-17(13)21(23)24)18(22)19-15-3-5-16(6-4-15)20-8-10-25-11-9-20;16-12-6-8-13(9-7-12)17-15-18-14(10-19-15)11-4-2-1-3-5-11;1-9-3-5-14-12(7-9)17-15(19-14)10-4-6-13(18-2)11(16)8-10;15-11-5-1-9(2-6-11)13-17-18-14(19-13)10-3-7-12(16)8-4-10/h2-7,12H,8-11H2,1H3,(H,19,22);1-10H,(H,17,18);3-8H,16H2,1-2H3;1-8H. The first kappa shape index (κ1) is 56.5. The van der Waals surface area contributed by atoms with Gasteiger partial charge >= 0.3 is 0 Å². The van der Waals surface area contributed by atoms with E-state index in [1.165, 1.54) is 65.9 Å². The molecule has 11 aromatic rings. The molecule has 82 heavy (non-hydrogen) atoms. The zero-order valence-electron chi connectivity index (χ0n) is 44.4. The fourth-order valence-corrected chi connectivity index (χ4v) is 8.92. The number of anilines is 5. The second-order valence-electron chi connectivity index (χ2n) is 18.3. The van der Waals surface area contributed by atoms with E-state index in [1.807, 2.05) is 97.2 Å². The summed E-state index contributed by atoms with van der Waals surface area (Å²) in [6, 6.07) is 51.1. The molecule has 0 radical (unpaired) electrons. The van der Waals surface area contributed by atoms with Crippen LogP contribution in [0.15, 0.2) is 196 Å². The lowest BCUT2D eigenvalue weighted by Gasteiger charge is -2.28. The number of fused-ring (bicyclic) bond motifs is 1. The molecule has 0 saturated carbocycles. The van der Waals surface area contributed by atoms with Gasteiger partial charge in [0.2, 0.25) is 17.7 Å². The quantitative estimate of drug-likeness (QED) is 0.0625. The molecule has 4 heterocycles. The maximum absolute atomic E-state index is 12.8. The number of nitro benzene ring substituents is 1. The zero-order valence-corrected chi connectivity index (χ0v) is 45.2. The number of aromatic nitrogens is 4. The number of methoxy groups -OCH3 is 1. The lowest BCUT2D eigenvalue weighted by molar-refractivity contribution is -0.385. The van der Waals surface area contributed by atoms with Crippen molar-refractivity contribution in [3.8, 4) is 51.4 Å². The van der Waals surface area contributed by atoms with Gasteiger partial charge in [-0.05, 0) is 159 Å². The maximum atomic E-state index is 12.8. The monoisotopic (exact) mass is 1120 g/mol. The molecule has 1 aliphatic heterocycles. The highest BCUT2D eigenvalue weighted by atomic mass is 32.1. The highest BCUT2D eigenvalue weighted by Crippen LogP contribution is 2.32. The Labute approximate surface area is 472 Å². The third-order valence-electron chi connectivity index (χ3n) is 12.5. The van der Waals surface area contributed by atoms with Crippen molar-refractivity contribution >= 4 is 61.9 Å². The number of rotatable bonds is 11. The number of nitrogens with zero attached hydrogens (tertiary/aromatic N) is 6. The van der Waals surface area contributed by atoms with Gasteiger partial charge in [-0.3, -0.25) is 14.9 Å². The first-order chi connectivity index (χ1) is 39.7. The molecule has 1 aliphatic rings. The van der Waals surface area contributed by atoms with Crippen LogP contribution in [0.2, 0.25) is 0 Å². The topological polar surface area (TPSA) is 210 Å². The molecule has 0 bridgehead atoms. The Morgan fingerprint density at radius 1 is 0.671 bits per heavy atom. The fraction of sp³-hybridized carbons (Fsp3) is 0.113. The average Bonchev–Trinajstić information content (AvgIpc) is 4.31. The van der Waals surface area contributed by atoms with Crippen LogP contribution >= 0.6 is 11.3 Å². The molecule has 0 aliphatic carbocycles. The summed E-state index contributed by atoms with van der Waals surface area (Å²) >= 11 is 1.53. The number of oxazole rings is 1. The predicted octanol–water partition coefficient (Wildman–Crippen LogP) is 14.8. The lowest BCUT2D eigenvalue weighted by Crippen LogP contribution is -2.36. The summed E-state index contributed by atoms with van der Waals surface area (Å²) in [5.74, 6) is 0.597. The SMILES string of the molecule is COc1ccc(-c2nc3cc(C)ccc3o2)cc1N.Cc1cc(C(=O)Nc2ccc(N3CCOCC3)cc2)ccc1[N+](=O)[O-].Fc1ccc(-c2nnc(-c3ccc(F)cc3)o2)cc1.Fc1ccc(Nc2nc(-c3ccccc3)cs2)cc1. The molecule has 16 nitrogen and oxygen atoms in total. The van der Waals surface area contributed by atoms with Crippen LogP contribution in [-0.4, -0.2) is 64.4 Å². The third-order valence-corrected chi connectivity index (χ3v) is 13.2. The molecule has 20 heteroatoms. The zero-order chi connectivity index (χ0) is 57.5. The second kappa shape index (κ2) is 26.6. The largest absolute Gasteiger partial charge is 0.495 e. The molecular weight excluding hydrogens is 1070 g/mol. The number of nitrogens with two attached hydrogens (primary N) is 1. The van der Waals surface area contributed by atoms with Crippen LogP contribution in [0.4, 0.5) is 46.7 Å². The molecule has 1 fully saturated rings. The van der Waals surface area contributed by atoms with E-state index in [0.717, 1.165) is 76.3 Å². The van der Waals surface area contributed by atoms with E-state index in [1.54, 1.807) is 56.5 Å². The molecule has 12 rings (SSSR count). The lowest BCUT2D eigenvalue weighted by atomic mass is 10.1. The van der Waals surface area contributed by atoms with Crippen molar-refractivity contribution in [3.63, 3.8) is 0 Å². The number of halogens is 3. The van der Waals surface area contributed by atoms with Crippen molar-refractivity contribution in [1.29, 1.82) is 0 Å². The van der Waals surface area contributed by atoms with Gasteiger partial charge in [-0.25, -0.2) is 23.1 Å². The van der Waals surface area contributed by atoms with Crippen molar-refractivity contribution in [2.45, 2.75) is 13.8 Å². The summed E-state index contributed by atoms with van der Waals surface area (Å²) in [5.41, 5.74) is 16.8. The number of carbonyl (C=O) groups is 1. The minimum atomic E-state index is -0.457. The molecule has 414 valence electrons. The van der Waals surface area contributed by atoms with Crippen molar-refractivity contribution in [3.05, 3.63) is 232 Å². The van der Waals surface area contributed by atoms with Crippen molar-refractivity contribution in [2.75, 3.05) is 54.7 Å². The van der Waals surface area contributed by atoms with Crippen LogP contribution in [0.5, 0.6) is 5.75 Å². The number of hydrogen-bond donors (Lipinski definition) is 3. The van der Waals surface area contributed by atoms with Crippen LogP contribution in [0.3, 0.4) is 0 Å². The van der Waals surface area contributed by atoms with E-state index >= 15 is 0 Å². The Hall–Kier alpha value is -10.2. The molecule has 1 amide bonds. The number of thiazole rings is 1.